The second-order valence-electron chi connectivity index (χ2n) is 3.20. The van der Waals surface area contributed by atoms with Crippen LogP contribution in [-0.2, 0) is 9.63 Å². The Balaban J connectivity index is 2.33. The zero-order valence-electron chi connectivity index (χ0n) is 8.18. The van der Waals surface area contributed by atoms with Crippen molar-refractivity contribution in [2.75, 3.05) is 5.88 Å². The van der Waals surface area contributed by atoms with Gasteiger partial charge in [0.2, 0.25) is 0 Å². The van der Waals surface area contributed by atoms with Crippen molar-refractivity contribution in [1.29, 1.82) is 0 Å². The summed E-state index contributed by atoms with van der Waals surface area (Å²) < 4.78 is 0. The molecule has 16 heavy (non-hydrogen) atoms. The Morgan fingerprint density at radius 3 is 2.69 bits per heavy atom. The molecule has 0 aliphatic carbocycles. The van der Waals surface area contributed by atoms with Crippen LogP contribution in [0.1, 0.15) is 5.56 Å². The van der Waals surface area contributed by atoms with Crippen molar-refractivity contribution in [2.45, 2.75) is 0 Å². The van der Waals surface area contributed by atoms with Gasteiger partial charge >= 0.3 is 5.97 Å². The molecule has 0 unspecified atom stereocenters. The zero-order chi connectivity index (χ0) is 11.5. The first kappa shape index (κ1) is 10.7. The number of hydrogen-bond acceptors (Lipinski definition) is 4. The lowest BCUT2D eigenvalue weighted by molar-refractivity contribution is -0.136. The number of nitrogens with zero attached hydrogens (tertiary/aromatic N) is 1. The smallest absolute Gasteiger partial charge is 0.367 e. The lowest BCUT2D eigenvalue weighted by atomic mass is 10.1. The zero-order valence-corrected chi connectivity index (χ0v) is 8.94. The van der Waals surface area contributed by atoms with E-state index in [9.17, 15) is 4.79 Å². The number of halogens is 1. The van der Waals surface area contributed by atoms with Crippen LogP contribution in [0.4, 0.5) is 0 Å². The molecule has 4 nitrogen and oxygen atoms in total. The maximum absolute atomic E-state index is 11.3. The standard InChI is InChI=1S/C11H8ClNO3/c12-6-10-9(11(15)16-13-10)5-7-1-3-8(14)4-2-7/h1-5,14H,6H2. The quantitative estimate of drug-likeness (QED) is 0.486. The molecular weight excluding hydrogens is 230 g/mol. The molecule has 1 aliphatic heterocycles. The van der Waals surface area contributed by atoms with Crippen LogP contribution < -0.4 is 0 Å². The van der Waals surface area contributed by atoms with Crippen LogP contribution in [0.5, 0.6) is 5.75 Å². The molecule has 1 aromatic carbocycles. The minimum Gasteiger partial charge on any atom is -0.508 e. The molecular formula is C11H8ClNO3. The first-order valence-corrected chi connectivity index (χ1v) is 5.09. The van der Waals surface area contributed by atoms with Gasteiger partial charge in [-0.05, 0) is 23.8 Å². The monoisotopic (exact) mass is 237 g/mol. The Morgan fingerprint density at radius 2 is 2.06 bits per heavy atom. The second kappa shape index (κ2) is 4.37. The lowest BCUT2D eigenvalue weighted by Gasteiger charge is -1.97. The highest BCUT2D eigenvalue weighted by atomic mass is 35.5. The van der Waals surface area contributed by atoms with E-state index >= 15 is 0 Å². The normalized spacial score (nSPS) is 17.4. The number of carbonyl (C=O) groups is 1. The number of alkyl halides is 1. The van der Waals surface area contributed by atoms with E-state index in [0.717, 1.165) is 5.56 Å². The third-order valence-electron chi connectivity index (χ3n) is 2.10. The van der Waals surface area contributed by atoms with Crippen molar-refractivity contribution in [3.8, 4) is 5.75 Å². The van der Waals surface area contributed by atoms with Gasteiger partial charge in [-0.3, -0.25) is 0 Å². The first-order valence-electron chi connectivity index (χ1n) is 4.56. The minimum atomic E-state index is -0.510. The number of oxime groups is 1. The van der Waals surface area contributed by atoms with Gasteiger partial charge in [0, 0.05) is 0 Å². The second-order valence-corrected chi connectivity index (χ2v) is 3.47. The molecule has 82 valence electrons. The fourth-order valence-corrected chi connectivity index (χ4v) is 1.48. The molecule has 1 N–H and O–H groups in total. The van der Waals surface area contributed by atoms with Crippen molar-refractivity contribution in [2.24, 2.45) is 5.16 Å². The van der Waals surface area contributed by atoms with Gasteiger partial charge in [0.15, 0.2) is 0 Å². The van der Waals surface area contributed by atoms with E-state index in [4.69, 9.17) is 16.7 Å². The largest absolute Gasteiger partial charge is 0.508 e. The van der Waals surface area contributed by atoms with Crippen molar-refractivity contribution in [3.05, 3.63) is 35.4 Å². The summed E-state index contributed by atoms with van der Waals surface area (Å²) in [6, 6.07) is 6.42. The summed E-state index contributed by atoms with van der Waals surface area (Å²) in [4.78, 5) is 15.8. The first-order chi connectivity index (χ1) is 7.70. The summed E-state index contributed by atoms with van der Waals surface area (Å²) in [6.07, 6.45) is 1.62. The molecule has 0 bridgehead atoms. The van der Waals surface area contributed by atoms with E-state index in [-0.39, 0.29) is 11.6 Å². The van der Waals surface area contributed by atoms with Gasteiger partial charge in [-0.25, -0.2) is 4.79 Å². The third kappa shape index (κ3) is 2.06. The molecule has 0 radical (unpaired) electrons. The van der Waals surface area contributed by atoms with Crippen LogP contribution >= 0.6 is 11.6 Å². The average Bonchev–Trinajstić information content (AvgIpc) is 2.63. The van der Waals surface area contributed by atoms with Crippen LogP contribution in [0.3, 0.4) is 0 Å². The van der Waals surface area contributed by atoms with Gasteiger partial charge < -0.3 is 9.94 Å². The molecule has 2 rings (SSSR count). The Kier molecular flexibility index (Phi) is 2.92. The van der Waals surface area contributed by atoms with E-state index in [1.54, 1.807) is 18.2 Å². The predicted molar refractivity (Wildman–Crippen MR) is 60.3 cm³/mol. The number of carbonyl (C=O) groups excluding carboxylic acids is 1. The number of rotatable bonds is 2. The van der Waals surface area contributed by atoms with E-state index in [2.05, 4.69) is 9.99 Å². The number of phenols is 1. The molecule has 0 atom stereocenters. The van der Waals surface area contributed by atoms with E-state index in [0.29, 0.717) is 11.3 Å². The summed E-state index contributed by atoms with van der Waals surface area (Å²) in [6.45, 7) is 0. The maximum atomic E-state index is 11.3. The number of aromatic hydroxyl groups is 1. The third-order valence-corrected chi connectivity index (χ3v) is 2.35. The van der Waals surface area contributed by atoms with E-state index in [1.807, 2.05) is 0 Å². The fourth-order valence-electron chi connectivity index (χ4n) is 1.29. The van der Waals surface area contributed by atoms with Gasteiger partial charge in [-0.2, -0.15) is 0 Å². The molecule has 0 saturated carbocycles. The predicted octanol–water partition coefficient (Wildman–Crippen LogP) is 1.93. The topological polar surface area (TPSA) is 58.9 Å². The van der Waals surface area contributed by atoms with Gasteiger partial charge in [0.1, 0.15) is 11.5 Å². The molecule has 1 aromatic rings. The summed E-state index contributed by atoms with van der Waals surface area (Å²) in [7, 11) is 0. The Morgan fingerprint density at radius 1 is 1.38 bits per heavy atom. The molecule has 1 heterocycles. The Hall–Kier alpha value is -1.81. The Labute approximate surface area is 96.8 Å². The van der Waals surface area contributed by atoms with Crippen molar-refractivity contribution >= 4 is 29.4 Å². The number of phenolic OH excluding ortho intramolecular Hbond substituents is 1. The molecule has 0 spiro atoms. The van der Waals surface area contributed by atoms with Gasteiger partial charge in [0.05, 0.1) is 11.5 Å². The van der Waals surface area contributed by atoms with Crippen molar-refractivity contribution in [1.82, 2.24) is 0 Å². The van der Waals surface area contributed by atoms with Crippen LogP contribution in [0.15, 0.2) is 35.0 Å². The van der Waals surface area contributed by atoms with Crippen LogP contribution in [-0.4, -0.2) is 22.7 Å². The summed E-state index contributed by atoms with van der Waals surface area (Å²) in [5, 5.41) is 12.7. The number of benzene rings is 1. The highest BCUT2D eigenvalue weighted by Gasteiger charge is 2.24. The van der Waals surface area contributed by atoms with Crippen LogP contribution in [0, 0.1) is 0 Å². The van der Waals surface area contributed by atoms with Crippen LogP contribution in [0.2, 0.25) is 0 Å². The molecule has 1 aliphatic rings. The van der Waals surface area contributed by atoms with Crippen molar-refractivity contribution in [3.63, 3.8) is 0 Å². The number of hydrogen-bond donors (Lipinski definition) is 1. The summed E-state index contributed by atoms with van der Waals surface area (Å²) in [5.74, 6) is -0.221. The van der Waals surface area contributed by atoms with Crippen molar-refractivity contribution < 1.29 is 14.7 Å². The Bertz CT molecular complexity index is 477. The molecule has 0 aromatic heterocycles. The van der Waals surface area contributed by atoms with Gasteiger partial charge in [-0.1, -0.05) is 17.3 Å². The summed E-state index contributed by atoms with van der Waals surface area (Å²) in [5.41, 5.74) is 1.53. The van der Waals surface area contributed by atoms with Gasteiger partial charge in [-0.15, -0.1) is 11.6 Å². The van der Waals surface area contributed by atoms with E-state index in [1.165, 1.54) is 12.1 Å². The van der Waals surface area contributed by atoms with Crippen LogP contribution in [0.25, 0.3) is 6.08 Å². The van der Waals surface area contributed by atoms with Gasteiger partial charge in [0.25, 0.3) is 0 Å². The fraction of sp³-hybridized carbons (Fsp3) is 0.0909. The summed E-state index contributed by atoms with van der Waals surface area (Å²) >= 11 is 5.62. The lowest BCUT2D eigenvalue weighted by Crippen LogP contribution is -2.06. The SMILES string of the molecule is O=C1ON=C(CCl)C1=Cc1ccc(O)cc1. The molecule has 0 saturated heterocycles. The highest BCUT2D eigenvalue weighted by Crippen LogP contribution is 2.18. The molecule has 0 fully saturated rings. The maximum Gasteiger partial charge on any atom is 0.367 e. The van der Waals surface area contributed by atoms with E-state index < -0.39 is 5.97 Å². The molecule has 0 amide bonds. The highest BCUT2D eigenvalue weighted by molar-refractivity contribution is 6.38. The molecule has 5 heteroatoms. The minimum absolute atomic E-state index is 0.121. The average molecular weight is 238 g/mol.